The highest BCUT2D eigenvalue weighted by Crippen LogP contribution is 2.39. The summed E-state index contributed by atoms with van der Waals surface area (Å²) in [6.45, 7) is 8.51. The van der Waals surface area contributed by atoms with Gasteiger partial charge in [0.25, 0.3) is 5.91 Å². The Morgan fingerprint density at radius 3 is 2.43 bits per heavy atom. The molecule has 1 aliphatic carbocycles. The van der Waals surface area contributed by atoms with E-state index in [0.717, 1.165) is 37.1 Å². The molecule has 0 unspecified atom stereocenters. The molecule has 1 fully saturated rings. The Bertz CT molecular complexity index is 528. The van der Waals surface area contributed by atoms with Gasteiger partial charge < -0.3 is 10.4 Å². The third-order valence-electron chi connectivity index (χ3n) is 4.58. The SMILES string of the molecule is Cc1ccc(C(=O)NCC2(O)CCC(C)(C)CC2)c(C)n1. The van der Waals surface area contributed by atoms with Crippen molar-refractivity contribution in [3.8, 4) is 0 Å². The lowest BCUT2D eigenvalue weighted by molar-refractivity contribution is -0.0233. The summed E-state index contributed by atoms with van der Waals surface area (Å²) in [7, 11) is 0. The normalized spacial score (nSPS) is 20.0. The average molecular weight is 290 g/mol. The predicted octanol–water partition coefficient (Wildman–Crippen LogP) is 2.76. The van der Waals surface area contributed by atoms with Crippen LogP contribution < -0.4 is 5.32 Å². The number of aryl methyl sites for hydroxylation is 2. The Morgan fingerprint density at radius 2 is 1.86 bits per heavy atom. The molecular weight excluding hydrogens is 264 g/mol. The van der Waals surface area contributed by atoms with Crippen LogP contribution in [0, 0.1) is 19.3 Å². The minimum absolute atomic E-state index is 0.154. The highest BCUT2D eigenvalue weighted by atomic mass is 16.3. The van der Waals surface area contributed by atoms with E-state index in [1.807, 2.05) is 19.9 Å². The van der Waals surface area contributed by atoms with E-state index in [-0.39, 0.29) is 5.91 Å². The Labute approximate surface area is 127 Å². The Kier molecular flexibility index (Phi) is 4.38. The van der Waals surface area contributed by atoms with Gasteiger partial charge in [-0.05, 0) is 57.1 Å². The Hall–Kier alpha value is -1.42. The van der Waals surface area contributed by atoms with Crippen molar-refractivity contribution in [3.05, 3.63) is 29.1 Å². The van der Waals surface area contributed by atoms with Gasteiger partial charge in [-0.15, -0.1) is 0 Å². The van der Waals surface area contributed by atoms with E-state index in [1.165, 1.54) is 0 Å². The Morgan fingerprint density at radius 1 is 1.24 bits per heavy atom. The molecular formula is C17H26N2O2. The molecule has 2 N–H and O–H groups in total. The number of hydrogen-bond acceptors (Lipinski definition) is 3. The van der Waals surface area contributed by atoms with Crippen LogP contribution in [0.3, 0.4) is 0 Å². The fraction of sp³-hybridized carbons (Fsp3) is 0.647. The van der Waals surface area contributed by atoms with Crippen molar-refractivity contribution in [2.75, 3.05) is 6.54 Å². The summed E-state index contributed by atoms with van der Waals surface area (Å²) in [6, 6.07) is 3.63. The second-order valence-corrected chi connectivity index (χ2v) is 7.16. The van der Waals surface area contributed by atoms with Gasteiger partial charge in [-0.3, -0.25) is 9.78 Å². The number of hydrogen-bond donors (Lipinski definition) is 2. The van der Waals surface area contributed by atoms with Crippen molar-refractivity contribution in [1.82, 2.24) is 10.3 Å². The summed E-state index contributed by atoms with van der Waals surface area (Å²) < 4.78 is 0. The van der Waals surface area contributed by atoms with Gasteiger partial charge in [0.2, 0.25) is 0 Å². The molecule has 116 valence electrons. The summed E-state index contributed by atoms with van der Waals surface area (Å²) in [5.74, 6) is -0.154. The predicted molar refractivity (Wildman–Crippen MR) is 83.2 cm³/mol. The third kappa shape index (κ3) is 4.03. The molecule has 0 aromatic carbocycles. The molecule has 2 rings (SSSR count). The number of nitrogens with one attached hydrogen (secondary N) is 1. The summed E-state index contributed by atoms with van der Waals surface area (Å²) >= 11 is 0. The Balaban J connectivity index is 1.95. The third-order valence-corrected chi connectivity index (χ3v) is 4.58. The van der Waals surface area contributed by atoms with Gasteiger partial charge in [0, 0.05) is 12.2 Å². The van der Waals surface area contributed by atoms with Crippen LogP contribution in [0.5, 0.6) is 0 Å². The number of amides is 1. The number of rotatable bonds is 3. The van der Waals surface area contributed by atoms with E-state index in [1.54, 1.807) is 6.07 Å². The van der Waals surface area contributed by atoms with Crippen molar-refractivity contribution in [3.63, 3.8) is 0 Å². The van der Waals surface area contributed by atoms with Gasteiger partial charge in [-0.2, -0.15) is 0 Å². The molecule has 4 nitrogen and oxygen atoms in total. The second-order valence-electron chi connectivity index (χ2n) is 7.16. The molecule has 0 atom stereocenters. The van der Waals surface area contributed by atoms with Gasteiger partial charge in [-0.25, -0.2) is 0 Å². The number of pyridine rings is 1. The lowest BCUT2D eigenvalue weighted by Gasteiger charge is -2.40. The molecule has 0 aliphatic heterocycles. The fourth-order valence-corrected chi connectivity index (χ4v) is 2.84. The van der Waals surface area contributed by atoms with Crippen LogP contribution in [0.1, 0.15) is 61.3 Å². The molecule has 0 saturated heterocycles. The van der Waals surface area contributed by atoms with Crippen molar-refractivity contribution < 1.29 is 9.90 Å². The van der Waals surface area contributed by atoms with E-state index in [2.05, 4.69) is 24.1 Å². The fourth-order valence-electron chi connectivity index (χ4n) is 2.84. The van der Waals surface area contributed by atoms with Crippen molar-refractivity contribution in [1.29, 1.82) is 0 Å². The zero-order valence-corrected chi connectivity index (χ0v) is 13.5. The van der Waals surface area contributed by atoms with Crippen LogP contribution in [-0.4, -0.2) is 28.1 Å². The molecule has 0 radical (unpaired) electrons. The van der Waals surface area contributed by atoms with E-state index in [0.29, 0.717) is 17.5 Å². The molecule has 0 bridgehead atoms. The van der Waals surface area contributed by atoms with E-state index in [4.69, 9.17) is 0 Å². The van der Waals surface area contributed by atoms with E-state index < -0.39 is 5.60 Å². The molecule has 0 spiro atoms. The quantitative estimate of drug-likeness (QED) is 0.899. The first-order valence-corrected chi connectivity index (χ1v) is 7.66. The molecule has 1 aliphatic rings. The highest BCUT2D eigenvalue weighted by Gasteiger charge is 2.36. The summed E-state index contributed by atoms with van der Waals surface area (Å²) in [5, 5.41) is 13.5. The van der Waals surface area contributed by atoms with Crippen LogP contribution in [0.15, 0.2) is 12.1 Å². The van der Waals surface area contributed by atoms with Crippen LogP contribution in [0.2, 0.25) is 0 Å². The first kappa shape index (κ1) is 16.0. The first-order valence-electron chi connectivity index (χ1n) is 7.66. The van der Waals surface area contributed by atoms with Gasteiger partial charge >= 0.3 is 0 Å². The van der Waals surface area contributed by atoms with Gasteiger partial charge in [0.15, 0.2) is 0 Å². The lowest BCUT2D eigenvalue weighted by atomic mass is 9.71. The van der Waals surface area contributed by atoms with Crippen LogP contribution in [0.25, 0.3) is 0 Å². The van der Waals surface area contributed by atoms with Gasteiger partial charge in [-0.1, -0.05) is 13.8 Å². The maximum absolute atomic E-state index is 12.2. The molecule has 1 aromatic rings. The zero-order chi connectivity index (χ0) is 15.7. The van der Waals surface area contributed by atoms with Crippen molar-refractivity contribution in [2.45, 2.75) is 59.0 Å². The van der Waals surface area contributed by atoms with Crippen LogP contribution in [-0.2, 0) is 0 Å². The number of carbonyl (C=O) groups excluding carboxylic acids is 1. The maximum Gasteiger partial charge on any atom is 0.253 e. The minimum atomic E-state index is -0.767. The number of aliphatic hydroxyl groups is 1. The minimum Gasteiger partial charge on any atom is -0.388 e. The first-order chi connectivity index (χ1) is 9.71. The average Bonchev–Trinajstić information content (AvgIpc) is 2.40. The summed E-state index contributed by atoms with van der Waals surface area (Å²) in [6.07, 6.45) is 3.46. The van der Waals surface area contributed by atoms with Gasteiger partial charge in [0.05, 0.1) is 16.9 Å². The van der Waals surface area contributed by atoms with Crippen LogP contribution in [0.4, 0.5) is 0 Å². The zero-order valence-electron chi connectivity index (χ0n) is 13.5. The van der Waals surface area contributed by atoms with Crippen LogP contribution >= 0.6 is 0 Å². The summed E-state index contributed by atoms with van der Waals surface area (Å²) in [5.41, 5.74) is 1.74. The van der Waals surface area contributed by atoms with Crippen molar-refractivity contribution in [2.24, 2.45) is 5.41 Å². The largest absolute Gasteiger partial charge is 0.388 e. The smallest absolute Gasteiger partial charge is 0.253 e. The number of aromatic nitrogens is 1. The number of carbonyl (C=O) groups is 1. The van der Waals surface area contributed by atoms with E-state index in [9.17, 15) is 9.90 Å². The highest BCUT2D eigenvalue weighted by molar-refractivity contribution is 5.95. The molecule has 1 amide bonds. The van der Waals surface area contributed by atoms with Crippen molar-refractivity contribution >= 4 is 5.91 Å². The number of nitrogens with zero attached hydrogens (tertiary/aromatic N) is 1. The van der Waals surface area contributed by atoms with E-state index >= 15 is 0 Å². The molecule has 1 saturated carbocycles. The molecule has 4 heteroatoms. The second kappa shape index (κ2) is 5.76. The topological polar surface area (TPSA) is 62.2 Å². The van der Waals surface area contributed by atoms with Gasteiger partial charge in [0.1, 0.15) is 0 Å². The standard InChI is InChI=1S/C17H26N2O2/c1-12-5-6-14(13(2)19-12)15(20)18-11-17(21)9-7-16(3,4)8-10-17/h5-6,21H,7-11H2,1-4H3,(H,18,20). The maximum atomic E-state index is 12.2. The lowest BCUT2D eigenvalue weighted by Crippen LogP contribution is -2.46. The monoisotopic (exact) mass is 290 g/mol. The molecule has 1 aromatic heterocycles. The molecule has 21 heavy (non-hydrogen) atoms. The molecule has 1 heterocycles. The summed E-state index contributed by atoms with van der Waals surface area (Å²) in [4.78, 5) is 16.5.